The van der Waals surface area contributed by atoms with Gasteiger partial charge in [-0.05, 0) is 37.1 Å². The first-order valence-corrected chi connectivity index (χ1v) is 8.31. The van der Waals surface area contributed by atoms with Gasteiger partial charge < -0.3 is 15.0 Å². The van der Waals surface area contributed by atoms with E-state index in [0.29, 0.717) is 6.42 Å². The molecule has 1 aromatic rings. The predicted octanol–water partition coefficient (Wildman–Crippen LogP) is 3.08. The van der Waals surface area contributed by atoms with Crippen molar-refractivity contribution >= 4 is 40.3 Å². The molecular formula is C17H18ClN3O2. The summed E-state index contributed by atoms with van der Waals surface area (Å²) in [5.74, 6) is -0.209. The van der Waals surface area contributed by atoms with Gasteiger partial charge in [0.25, 0.3) is 0 Å². The number of hydrogen-bond donors (Lipinski definition) is 1. The minimum atomic E-state index is -0.211. The fraction of sp³-hybridized carbons (Fsp3) is 0.412. The molecule has 2 heterocycles. The van der Waals surface area contributed by atoms with Crippen LogP contribution in [0.4, 0.5) is 17.1 Å². The lowest BCUT2D eigenvalue weighted by atomic mass is 9.91. The lowest BCUT2D eigenvalue weighted by Gasteiger charge is -2.29. The number of morpholine rings is 1. The molecule has 5 nitrogen and oxygen atoms in total. The van der Waals surface area contributed by atoms with Crippen molar-refractivity contribution in [3.8, 4) is 0 Å². The van der Waals surface area contributed by atoms with E-state index in [1.807, 2.05) is 24.3 Å². The van der Waals surface area contributed by atoms with Crippen LogP contribution in [0.15, 0.2) is 34.3 Å². The SMILES string of the molecule is O=C1Nc2ccc(N3CCOCC3)cc2N=C2C=C(Cl)CCC12. The van der Waals surface area contributed by atoms with Crippen molar-refractivity contribution in [2.45, 2.75) is 12.8 Å². The Morgan fingerprint density at radius 2 is 2.13 bits per heavy atom. The number of carbonyl (C=O) groups is 1. The maximum atomic E-state index is 12.4. The number of rotatable bonds is 1. The van der Waals surface area contributed by atoms with Crippen LogP contribution in [-0.2, 0) is 9.53 Å². The van der Waals surface area contributed by atoms with E-state index >= 15 is 0 Å². The molecule has 4 rings (SSSR count). The van der Waals surface area contributed by atoms with Gasteiger partial charge in [-0.3, -0.25) is 9.79 Å². The van der Waals surface area contributed by atoms with E-state index in [9.17, 15) is 4.79 Å². The van der Waals surface area contributed by atoms with Crippen molar-refractivity contribution in [1.82, 2.24) is 0 Å². The molecule has 23 heavy (non-hydrogen) atoms. The van der Waals surface area contributed by atoms with E-state index in [1.54, 1.807) is 0 Å². The lowest BCUT2D eigenvalue weighted by molar-refractivity contribution is -0.118. The van der Waals surface area contributed by atoms with Gasteiger partial charge in [0, 0.05) is 23.8 Å². The topological polar surface area (TPSA) is 53.9 Å². The molecule has 1 aromatic carbocycles. The van der Waals surface area contributed by atoms with Crippen LogP contribution in [0.2, 0.25) is 0 Å². The van der Waals surface area contributed by atoms with Crippen molar-refractivity contribution < 1.29 is 9.53 Å². The van der Waals surface area contributed by atoms with Crippen LogP contribution in [0, 0.1) is 5.92 Å². The van der Waals surface area contributed by atoms with Crippen LogP contribution in [0.3, 0.4) is 0 Å². The number of halogens is 1. The Bertz CT molecular complexity index is 708. The number of hydrogen-bond acceptors (Lipinski definition) is 4. The number of amides is 1. The number of benzene rings is 1. The first kappa shape index (κ1) is 14.7. The third kappa shape index (κ3) is 2.86. The summed E-state index contributed by atoms with van der Waals surface area (Å²) in [6, 6.07) is 6.00. The lowest BCUT2D eigenvalue weighted by Crippen LogP contribution is -2.36. The van der Waals surface area contributed by atoms with Gasteiger partial charge in [-0.1, -0.05) is 11.6 Å². The number of allylic oxidation sites excluding steroid dienone is 2. The normalized spacial score (nSPS) is 24.0. The molecule has 3 aliphatic rings. The third-order valence-corrected chi connectivity index (χ3v) is 4.81. The highest BCUT2D eigenvalue weighted by Crippen LogP contribution is 2.36. The van der Waals surface area contributed by atoms with E-state index < -0.39 is 0 Å². The van der Waals surface area contributed by atoms with E-state index in [4.69, 9.17) is 21.3 Å². The fourth-order valence-corrected chi connectivity index (χ4v) is 3.46. The second kappa shape index (κ2) is 5.98. The molecule has 0 spiro atoms. The Balaban J connectivity index is 1.73. The van der Waals surface area contributed by atoms with Crippen molar-refractivity contribution in [2.24, 2.45) is 10.9 Å². The highest BCUT2D eigenvalue weighted by molar-refractivity contribution is 6.33. The van der Waals surface area contributed by atoms with Crippen LogP contribution >= 0.6 is 11.6 Å². The van der Waals surface area contributed by atoms with Crippen molar-refractivity contribution in [3.05, 3.63) is 29.3 Å². The smallest absolute Gasteiger partial charge is 0.233 e. The average Bonchev–Trinajstić information content (AvgIpc) is 2.70. The standard InChI is InChI=1S/C17H18ClN3O2/c18-11-1-3-13-15(9-11)19-16-10-12(21-5-7-23-8-6-21)2-4-14(16)20-17(13)22/h2,4,9-10,13H,1,3,5-8H2,(H,20,22). The quantitative estimate of drug-likeness (QED) is 0.860. The monoisotopic (exact) mass is 331 g/mol. The van der Waals surface area contributed by atoms with Crippen LogP contribution in [0.1, 0.15) is 12.8 Å². The third-order valence-electron chi connectivity index (χ3n) is 4.51. The molecular weight excluding hydrogens is 314 g/mol. The molecule has 120 valence electrons. The molecule has 1 unspecified atom stereocenters. The molecule has 0 radical (unpaired) electrons. The van der Waals surface area contributed by atoms with Crippen LogP contribution in [0.25, 0.3) is 0 Å². The molecule has 1 aliphatic carbocycles. The summed E-state index contributed by atoms with van der Waals surface area (Å²) in [5, 5.41) is 3.76. The zero-order chi connectivity index (χ0) is 15.8. The summed E-state index contributed by atoms with van der Waals surface area (Å²) in [7, 11) is 0. The Hall–Kier alpha value is -1.85. The largest absolute Gasteiger partial charge is 0.378 e. The predicted molar refractivity (Wildman–Crippen MR) is 91.9 cm³/mol. The number of aliphatic imine (C=N–C) groups is 1. The number of ether oxygens (including phenoxy) is 1. The first-order valence-electron chi connectivity index (χ1n) is 7.93. The molecule has 0 bridgehead atoms. The Labute approximate surface area is 140 Å². The molecule has 1 N–H and O–H groups in total. The minimum absolute atomic E-state index is 0.00189. The van der Waals surface area contributed by atoms with Crippen molar-refractivity contribution in [2.75, 3.05) is 36.5 Å². The maximum Gasteiger partial charge on any atom is 0.233 e. The zero-order valence-electron chi connectivity index (χ0n) is 12.7. The maximum absolute atomic E-state index is 12.4. The summed E-state index contributed by atoms with van der Waals surface area (Å²) in [6.07, 6.45) is 3.28. The highest BCUT2D eigenvalue weighted by Gasteiger charge is 2.30. The summed E-state index contributed by atoms with van der Waals surface area (Å²) < 4.78 is 5.40. The van der Waals surface area contributed by atoms with Gasteiger partial charge in [0.2, 0.25) is 5.91 Å². The number of anilines is 2. The summed E-state index contributed by atoms with van der Waals surface area (Å²) in [4.78, 5) is 19.4. The Kier molecular flexibility index (Phi) is 3.83. The second-order valence-electron chi connectivity index (χ2n) is 6.01. The van der Waals surface area contributed by atoms with Gasteiger partial charge in [0.05, 0.1) is 36.2 Å². The Morgan fingerprint density at radius 1 is 1.30 bits per heavy atom. The summed E-state index contributed by atoms with van der Waals surface area (Å²) in [6.45, 7) is 3.22. The summed E-state index contributed by atoms with van der Waals surface area (Å²) >= 11 is 6.14. The molecule has 2 aliphatic heterocycles. The Morgan fingerprint density at radius 3 is 2.96 bits per heavy atom. The molecule has 1 saturated heterocycles. The van der Waals surface area contributed by atoms with Crippen LogP contribution in [-0.4, -0.2) is 37.9 Å². The van der Waals surface area contributed by atoms with Gasteiger partial charge in [-0.15, -0.1) is 0 Å². The van der Waals surface area contributed by atoms with Gasteiger partial charge in [0.15, 0.2) is 0 Å². The van der Waals surface area contributed by atoms with Gasteiger partial charge in [-0.25, -0.2) is 0 Å². The highest BCUT2D eigenvalue weighted by atomic mass is 35.5. The fourth-order valence-electron chi connectivity index (χ4n) is 3.23. The molecule has 0 saturated carbocycles. The van der Waals surface area contributed by atoms with Gasteiger partial charge >= 0.3 is 0 Å². The van der Waals surface area contributed by atoms with Crippen LogP contribution in [0.5, 0.6) is 0 Å². The number of nitrogens with zero attached hydrogens (tertiary/aromatic N) is 2. The van der Waals surface area contributed by atoms with Gasteiger partial charge in [0.1, 0.15) is 0 Å². The molecule has 1 fully saturated rings. The molecule has 1 atom stereocenters. The number of nitrogens with one attached hydrogen (secondary N) is 1. The number of fused-ring (bicyclic) bond motifs is 2. The van der Waals surface area contributed by atoms with E-state index in [-0.39, 0.29) is 11.8 Å². The molecule has 0 aromatic heterocycles. The van der Waals surface area contributed by atoms with Crippen molar-refractivity contribution in [1.29, 1.82) is 0 Å². The molecule has 6 heteroatoms. The molecule has 1 amide bonds. The van der Waals surface area contributed by atoms with E-state index in [0.717, 1.165) is 60.5 Å². The second-order valence-corrected chi connectivity index (χ2v) is 6.49. The summed E-state index contributed by atoms with van der Waals surface area (Å²) in [5.41, 5.74) is 3.42. The van der Waals surface area contributed by atoms with Crippen LogP contribution < -0.4 is 10.2 Å². The zero-order valence-corrected chi connectivity index (χ0v) is 13.5. The van der Waals surface area contributed by atoms with E-state index in [2.05, 4.69) is 10.2 Å². The first-order chi connectivity index (χ1) is 11.2. The van der Waals surface area contributed by atoms with E-state index in [1.165, 1.54) is 0 Å². The minimum Gasteiger partial charge on any atom is -0.378 e. The number of carbonyl (C=O) groups excluding carboxylic acids is 1. The average molecular weight is 332 g/mol. The van der Waals surface area contributed by atoms with Gasteiger partial charge in [-0.2, -0.15) is 0 Å². The van der Waals surface area contributed by atoms with Crippen molar-refractivity contribution in [3.63, 3.8) is 0 Å².